The van der Waals surface area contributed by atoms with E-state index in [1.54, 1.807) is 0 Å². The van der Waals surface area contributed by atoms with E-state index < -0.39 is 0 Å². The fraction of sp³-hybridized carbons (Fsp3) is 0.917. The van der Waals surface area contributed by atoms with Crippen molar-refractivity contribution in [3.8, 4) is 0 Å². The van der Waals surface area contributed by atoms with Crippen molar-refractivity contribution in [2.75, 3.05) is 13.2 Å². The van der Waals surface area contributed by atoms with Crippen molar-refractivity contribution in [2.45, 2.75) is 52.5 Å². The Kier molecular flexibility index (Phi) is 7.91. The Hall–Kier alpha value is -0.810. The SMILES string of the molecule is CCC(CCO)NCCCC(C)(C)C(N)=NO. The standard InChI is InChI=1S/C12H27N3O2/c1-4-10(6-9-16)14-8-5-7-12(2,3)11(13)15-17/h10,14,16-17H,4-9H2,1-3H3,(H2,13,15). The summed E-state index contributed by atoms with van der Waals surface area (Å²) < 4.78 is 0. The van der Waals surface area contributed by atoms with Crippen LogP contribution in [0.5, 0.6) is 0 Å². The molecule has 1 unspecified atom stereocenters. The zero-order valence-corrected chi connectivity index (χ0v) is 11.2. The first-order valence-corrected chi connectivity index (χ1v) is 6.30. The minimum absolute atomic E-state index is 0.223. The molecule has 17 heavy (non-hydrogen) atoms. The smallest absolute Gasteiger partial charge is 0.144 e. The number of hydrogen-bond donors (Lipinski definition) is 4. The van der Waals surface area contributed by atoms with Crippen LogP contribution < -0.4 is 11.1 Å². The monoisotopic (exact) mass is 245 g/mol. The van der Waals surface area contributed by atoms with Gasteiger partial charge in [0.05, 0.1) is 0 Å². The van der Waals surface area contributed by atoms with Crippen LogP contribution in [-0.4, -0.2) is 35.3 Å². The molecule has 0 aliphatic heterocycles. The average Bonchev–Trinajstić information content (AvgIpc) is 2.31. The Bertz CT molecular complexity index is 230. The number of oxime groups is 1. The van der Waals surface area contributed by atoms with E-state index in [1.807, 2.05) is 13.8 Å². The minimum Gasteiger partial charge on any atom is -0.409 e. The quantitative estimate of drug-likeness (QED) is 0.162. The molecule has 5 N–H and O–H groups in total. The Morgan fingerprint density at radius 2 is 2.12 bits per heavy atom. The lowest BCUT2D eigenvalue weighted by Gasteiger charge is -2.23. The highest BCUT2D eigenvalue weighted by Crippen LogP contribution is 2.21. The summed E-state index contributed by atoms with van der Waals surface area (Å²) in [7, 11) is 0. The van der Waals surface area contributed by atoms with Gasteiger partial charge in [0.2, 0.25) is 0 Å². The highest BCUT2D eigenvalue weighted by Gasteiger charge is 2.22. The number of nitrogens with two attached hydrogens (primary N) is 1. The van der Waals surface area contributed by atoms with E-state index in [-0.39, 0.29) is 17.9 Å². The predicted molar refractivity (Wildman–Crippen MR) is 70.2 cm³/mol. The fourth-order valence-corrected chi connectivity index (χ4v) is 1.71. The van der Waals surface area contributed by atoms with Crippen molar-refractivity contribution < 1.29 is 10.3 Å². The molecule has 0 saturated heterocycles. The lowest BCUT2D eigenvalue weighted by Crippen LogP contribution is -2.34. The zero-order chi connectivity index (χ0) is 13.3. The highest BCUT2D eigenvalue weighted by molar-refractivity contribution is 5.85. The van der Waals surface area contributed by atoms with Gasteiger partial charge in [0, 0.05) is 18.1 Å². The molecule has 1 atom stereocenters. The fourth-order valence-electron chi connectivity index (χ4n) is 1.71. The van der Waals surface area contributed by atoms with E-state index in [0.29, 0.717) is 6.04 Å². The maximum atomic E-state index is 8.86. The van der Waals surface area contributed by atoms with Crippen molar-refractivity contribution in [1.29, 1.82) is 0 Å². The predicted octanol–water partition coefficient (Wildman–Crippen LogP) is 1.29. The van der Waals surface area contributed by atoms with Crippen molar-refractivity contribution in [3.63, 3.8) is 0 Å². The summed E-state index contributed by atoms with van der Waals surface area (Å²) in [6.07, 6.45) is 3.64. The maximum Gasteiger partial charge on any atom is 0.144 e. The van der Waals surface area contributed by atoms with Crippen molar-refractivity contribution in [1.82, 2.24) is 5.32 Å². The van der Waals surface area contributed by atoms with Crippen molar-refractivity contribution >= 4 is 5.84 Å². The summed E-state index contributed by atoms with van der Waals surface area (Å²) >= 11 is 0. The van der Waals surface area contributed by atoms with Gasteiger partial charge in [-0.3, -0.25) is 0 Å². The number of nitrogens with one attached hydrogen (secondary N) is 1. The van der Waals surface area contributed by atoms with Crippen LogP contribution in [0.3, 0.4) is 0 Å². The first kappa shape index (κ1) is 16.2. The topological polar surface area (TPSA) is 90.9 Å². The highest BCUT2D eigenvalue weighted by atomic mass is 16.4. The van der Waals surface area contributed by atoms with Crippen LogP contribution >= 0.6 is 0 Å². The molecular formula is C12H27N3O2. The van der Waals surface area contributed by atoms with Gasteiger partial charge in [0.15, 0.2) is 0 Å². The van der Waals surface area contributed by atoms with Crippen LogP contribution in [0.25, 0.3) is 0 Å². The second-order valence-corrected chi connectivity index (χ2v) is 5.04. The van der Waals surface area contributed by atoms with Gasteiger partial charge >= 0.3 is 0 Å². The third-order valence-corrected chi connectivity index (χ3v) is 3.18. The number of amidine groups is 1. The first-order valence-electron chi connectivity index (χ1n) is 6.30. The summed E-state index contributed by atoms with van der Waals surface area (Å²) in [5.41, 5.74) is 5.34. The summed E-state index contributed by atoms with van der Waals surface area (Å²) in [5.74, 6) is 0.278. The normalized spacial score (nSPS) is 14.9. The summed E-state index contributed by atoms with van der Waals surface area (Å²) in [4.78, 5) is 0. The number of nitrogens with zero attached hydrogens (tertiary/aromatic N) is 1. The van der Waals surface area contributed by atoms with E-state index in [1.165, 1.54) is 0 Å². The molecule has 5 nitrogen and oxygen atoms in total. The number of hydrogen-bond acceptors (Lipinski definition) is 4. The Balaban J connectivity index is 3.84. The first-order chi connectivity index (χ1) is 7.97. The molecule has 5 heteroatoms. The third-order valence-electron chi connectivity index (χ3n) is 3.18. The van der Waals surface area contributed by atoms with E-state index in [0.717, 1.165) is 32.2 Å². The van der Waals surface area contributed by atoms with E-state index in [2.05, 4.69) is 17.4 Å². The Morgan fingerprint density at radius 3 is 2.59 bits per heavy atom. The van der Waals surface area contributed by atoms with Gasteiger partial charge < -0.3 is 21.4 Å². The third kappa shape index (κ3) is 6.48. The van der Waals surface area contributed by atoms with Crippen LogP contribution in [-0.2, 0) is 0 Å². The minimum atomic E-state index is -0.269. The van der Waals surface area contributed by atoms with Crippen LogP contribution in [0, 0.1) is 5.41 Å². The number of aliphatic hydroxyl groups excluding tert-OH is 1. The number of rotatable bonds is 9. The van der Waals surface area contributed by atoms with Gasteiger partial charge in [-0.2, -0.15) is 0 Å². The van der Waals surface area contributed by atoms with Crippen LogP contribution in [0.1, 0.15) is 46.5 Å². The van der Waals surface area contributed by atoms with Gasteiger partial charge in [-0.15, -0.1) is 0 Å². The number of aliphatic hydroxyl groups is 1. The molecule has 0 aromatic rings. The molecule has 0 fully saturated rings. The van der Waals surface area contributed by atoms with Gasteiger partial charge in [-0.25, -0.2) is 0 Å². The van der Waals surface area contributed by atoms with Crippen LogP contribution in [0.2, 0.25) is 0 Å². The lowest BCUT2D eigenvalue weighted by atomic mass is 9.86. The second kappa shape index (κ2) is 8.31. The van der Waals surface area contributed by atoms with Gasteiger partial charge in [0.1, 0.15) is 5.84 Å². The van der Waals surface area contributed by atoms with Gasteiger partial charge in [0.25, 0.3) is 0 Å². The van der Waals surface area contributed by atoms with E-state index in [9.17, 15) is 0 Å². The van der Waals surface area contributed by atoms with Crippen LogP contribution in [0.4, 0.5) is 0 Å². The molecule has 102 valence electrons. The molecule has 0 heterocycles. The Labute approximate surface area is 104 Å². The molecule has 0 spiro atoms. The molecule has 0 bridgehead atoms. The molecule has 0 amide bonds. The Morgan fingerprint density at radius 1 is 1.47 bits per heavy atom. The lowest BCUT2D eigenvalue weighted by molar-refractivity contribution is 0.261. The molecule has 0 aromatic heterocycles. The van der Waals surface area contributed by atoms with Gasteiger partial charge in [-0.05, 0) is 32.2 Å². The average molecular weight is 245 g/mol. The van der Waals surface area contributed by atoms with Gasteiger partial charge in [-0.1, -0.05) is 25.9 Å². The van der Waals surface area contributed by atoms with E-state index in [4.69, 9.17) is 16.0 Å². The van der Waals surface area contributed by atoms with Crippen molar-refractivity contribution in [2.24, 2.45) is 16.3 Å². The molecule has 0 aromatic carbocycles. The largest absolute Gasteiger partial charge is 0.409 e. The van der Waals surface area contributed by atoms with Crippen LogP contribution in [0.15, 0.2) is 5.16 Å². The summed E-state index contributed by atoms with van der Waals surface area (Å²) in [6.45, 7) is 7.15. The second-order valence-electron chi connectivity index (χ2n) is 5.04. The van der Waals surface area contributed by atoms with Crippen molar-refractivity contribution in [3.05, 3.63) is 0 Å². The summed E-state index contributed by atoms with van der Waals surface area (Å²) in [6, 6.07) is 0.381. The molecule has 0 saturated carbocycles. The zero-order valence-electron chi connectivity index (χ0n) is 11.2. The molecule has 0 aliphatic carbocycles. The maximum absolute atomic E-state index is 8.86. The molecule has 0 radical (unpaired) electrons. The molecular weight excluding hydrogens is 218 g/mol. The van der Waals surface area contributed by atoms with E-state index >= 15 is 0 Å². The molecule has 0 rings (SSSR count). The summed E-state index contributed by atoms with van der Waals surface area (Å²) in [5, 5.41) is 24.0. The molecule has 0 aliphatic rings.